The lowest BCUT2D eigenvalue weighted by Gasteiger charge is -2.23. The van der Waals surface area contributed by atoms with Gasteiger partial charge in [0.2, 0.25) is 9.05 Å². The second-order valence-electron chi connectivity index (χ2n) is 5.06. The zero-order valence-corrected chi connectivity index (χ0v) is 13.1. The van der Waals surface area contributed by atoms with Gasteiger partial charge in [-0.2, -0.15) is 0 Å². The maximum absolute atomic E-state index is 12.1. The molecule has 0 aliphatic carbocycles. The molecule has 21 heavy (non-hydrogen) atoms. The predicted octanol–water partition coefficient (Wildman–Crippen LogP) is 2.75. The lowest BCUT2D eigenvalue weighted by Crippen LogP contribution is -2.36. The van der Waals surface area contributed by atoms with Gasteiger partial charge in [0.25, 0.3) is 0 Å². The Kier molecular flexibility index (Phi) is 5.47. The number of benzene rings is 1. The van der Waals surface area contributed by atoms with E-state index in [-0.39, 0.29) is 18.4 Å². The highest BCUT2D eigenvalue weighted by molar-refractivity contribution is 8.13. The molecular formula is C14H18ClNO4S. The molecule has 0 aromatic heterocycles. The Morgan fingerprint density at radius 1 is 1.33 bits per heavy atom. The SMILES string of the molecule is O=C(OCc1ccccc1)N1CCCC1CCS(=O)(=O)Cl. The number of carbonyl (C=O) groups excluding carboxylic acids is 1. The van der Waals surface area contributed by atoms with Crippen molar-refractivity contribution in [3.8, 4) is 0 Å². The lowest BCUT2D eigenvalue weighted by molar-refractivity contribution is 0.0916. The first kappa shape index (κ1) is 16.1. The Balaban J connectivity index is 1.86. The Morgan fingerprint density at radius 2 is 2.05 bits per heavy atom. The zero-order chi connectivity index (χ0) is 15.3. The number of carbonyl (C=O) groups is 1. The molecule has 1 heterocycles. The molecule has 1 saturated heterocycles. The van der Waals surface area contributed by atoms with Crippen LogP contribution in [0.15, 0.2) is 30.3 Å². The molecule has 1 fully saturated rings. The van der Waals surface area contributed by atoms with Crippen LogP contribution < -0.4 is 0 Å². The zero-order valence-electron chi connectivity index (χ0n) is 11.6. The van der Waals surface area contributed by atoms with E-state index < -0.39 is 15.1 Å². The van der Waals surface area contributed by atoms with Crippen molar-refractivity contribution in [2.24, 2.45) is 0 Å². The summed E-state index contributed by atoms with van der Waals surface area (Å²) in [4.78, 5) is 13.7. The highest BCUT2D eigenvalue weighted by Gasteiger charge is 2.30. The smallest absolute Gasteiger partial charge is 0.410 e. The van der Waals surface area contributed by atoms with Crippen molar-refractivity contribution in [2.45, 2.75) is 31.9 Å². The average Bonchev–Trinajstić information content (AvgIpc) is 2.91. The molecule has 0 bridgehead atoms. The second kappa shape index (κ2) is 7.13. The van der Waals surface area contributed by atoms with Crippen LogP contribution in [0.25, 0.3) is 0 Å². The van der Waals surface area contributed by atoms with E-state index in [0.717, 1.165) is 18.4 Å². The number of hydrogen-bond acceptors (Lipinski definition) is 4. The summed E-state index contributed by atoms with van der Waals surface area (Å²) in [6.07, 6.45) is 1.60. The molecule has 1 aliphatic rings. The van der Waals surface area contributed by atoms with Crippen LogP contribution in [0, 0.1) is 0 Å². The van der Waals surface area contributed by atoms with E-state index in [1.54, 1.807) is 4.90 Å². The summed E-state index contributed by atoms with van der Waals surface area (Å²) < 4.78 is 27.3. The number of nitrogens with zero attached hydrogens (tertiary/aromatic N) is 1. The third-order valence-corrected chi connectivity index (χ3v) is 4.70. The van der Waals surface area contributed by atoms with Gasteiger partial charge in [-0.15, -0.1) is 0 Å². The molecular weight excluding hydrogens is 314 g/mol. The maximum atomic E-state index is 12.1. The maximum Gasteiger partial charge on any atom is 0.410 e. The molecule has 2 rings (SSSR count). The number of amides is 1. The quantitative estimate of drug-likeness (QED) is 0.778. The summed E-state index contributed by atoms with van der Waals surface area (Å²) in [6.45, 7) is 0.817. The van der Waals surface area contributed by atoms with Crippen LogP contribution in [0.4, 0.5) is 4.79 Å². The Morgan fingerprint density at radius 3 is 2.71 bits per heavy atom. The minimum atomic E-state index is -3.52. The summed E-state index contributed by atoms with van der Waals surface area (Å²) in [6, 6.07) is 9.32. The van der Waals surface area contributed by atoms with E-state index in [1.165, 1.54) is 0 Å². The van der Waals surface area contributed by atoms with Gasteiger partial charge in [-0.1, -0.05) is 30.3 Å². The van der Waals surface area contributed by atoms with Gasteiger partial charge in [0.05, 0.1) is 5.75 Å². The van der Waals surface area contributed by atoms with Gasteiger partial charge >= 0.3 is 6.09 Å². The molecule has 5 nitrogen and oxygen atoms in total. The summed E-state index contributed by atoms with van der Waals surface area (Å²) in [7, 11) is 1.70. The highest BCUT2D eigenvalue weighted by Crippen LogP contribution is 2.22. The molecule has 1 aromatic carbocycles. The van der Waals surface area contributed by atoms with E-state index >= 15 is 0 Å². The van der Waals surface area contributed by atoms with Crippen molar-refractivity contribution in [1.82, 2.24) is 4.90 Å². The largest absolute Gasteiger partial charge is 0.445 e. The Bertz CT molecular complexity index is 576. The summed E-state index contributed by atoms with van der Waals surface area (Å²) >= 11 is 0. The fourth-order valence-corrected chi connectivity index (χ4v) is 3.28. The van der Waals surface area contributed by atoms with Crippen LogP contribution in [-0.2, 0) is 20.4 Å². The summed E-state index contributed by atoms with van der Waals surface area (Å²) in [5.41, 5.74) is 0.921. The number of ether oxygens (including phenoxy) is 1. The molecule has 0 saturated carbocycles. The number of halogens is 1. The second-order valence-corrected chi connectivity index (χ2v) is 7.96. The minimum absolute atomic E-state index is 0.109. The van der Waals surface area contributed by atoms with Crippen LogP contribution in [0.1, 0.15) is 24.8 Å². The van der Waals surface area contributed by atoms with Crippen molar-refractivity contribution in [3.63, 3.8) is 0 Å². The van der Waals surface area contributed by atoms with E-state index in [4.69, 9.17) is 15.4 Å². The molecule has 0 N–H and O–H groups in total. The van der Waals surface area contributed by atoms with Crippen LogP contribution in [0.5, 0.6) is 0 Å². The van der Waals surface area contributed by atoms with Crippen molar-refractivity contribution < 1.29 is 17.9 Å². The normalized spacial score (nSPS) is 18.7. The van der Waals surface area contributed by atoms with Crippen LogP contribution in [-0.4, -0.2) is 37.8 Å². The first-order valence-electron chi connectivity index (χ1n) is 6.85. The van der Waals surface area contributed by atoms with Gasteiger partial charge < -0.3 is 9.64 Å². The van der Waals surface area contributed by atoms with E-state index in [0.29, 0.717) is 13.0 Å². The predicted molar refractivity (Wildman–Crippen MR) is 80.6 cm³/mol. The van der Waals surface area contributed by atoms with Crippen molar-refractivity contribution in [1.29, 1.82) is 0 Å². The van der Waals surface area contributed by atoms with E-state index in [9.17, 15) is 13.2 Å². The number of hydrogen-bond donors (Lipinski definition) is 0. The first-order valence-corrected chi connectivity index (χ1v) is 9.33. The molecule has 1 aliphatic heterocycles. The fraction of sp³-hybridized carbons (Fsp3) is 0.500. The van der Waals surface area contributed by atoms with Gasteiger partial charge in [-0.05, 0) is 24.8 Å². The topological polar surface area (TPSA) is 63.7 Å². The lowest BCUT2D eigenvalue weighted by atomic mass is 10.2. The molecule has 0 radical (unpaired) electrons. The van der Waals surface area contributed by atoms with E-state index in [1.807, 2.05) is 30.3 Å². The highest BCUT2D eigenvalue weighted by atomic mass is 35.7. The average molecular weight is 332 g/mol. The van der Waals surface area contributed by atoms with Gasteiger partial charge in [-0.25, -0.2) is 13.2 Å². The molecule has 1 atom stereocenters. The molecule has 1 amide bonds. The third kappa shape index (κ3) is 5.21. The van der Waals surface area contributed by atoms with Crippen molar-refractivity contribution >= 4 is 25.8 Å². The van der Waals surface area contributed by atoms with Gasteiger partial charge in [0, 0.05) is 23.3 Å². The standard InChI is InChI=1S/C14H18ClNO4S/c15-21(18,19)10-8-13-7-4-9-16(13)14(17)20-11-12-5-2-1-3-6-12/h1-3,5-6,13H,4,7-11H2. The van der Waals surface area contributed by atoms with Gasteiger partial charge in [0.1, 0.15) is 6.61 Å². The number of rotatable bonds is 5. The van der Waals surface area contributed by atoms with E-state index in [2.05, 4.69) is 0 Å². The van der Waals surface area contributed by atoms with Crippen LogP contribution >= 0.6 is 10.7 Å². The number of likely N-dealkylation sites (tertiary alicyclic amines) is 1. The molecule has 0 spiro atoms. The molecule has 7 heteroatoms. The third-order valence-electron chi connectivity index (χ3n) is 3.51. The summed E-state index contributed by atoms with van der Waals surface area (Å²) in [5.74, 6) is -0.123. The van der Waals surface area contributed by atoms with Gasteiger partial charge in [0.15, 0.2) is 0 Å². The minimum Gasteiger partial charge on any atom is -0.445 e. The molecule has 1 unspecified atom stereocenters. The Hall–Kier alpha value is -1.27. The van der Waals surface area contributed by atoms with Crippen LogP contribution in [0.2, 0.25) is 0 Å². The summed E-state index contributed by atoms with van der Waals surface area (Å²) in [5, 5.41) is 0. The first-order chi connectivity index (χ1) is 9.96. The van der Waals surface area contributed by atoms with Crippen molar-refractivity contribution in [3.05, 3.63) is 35.9 Å². The van der Waals surface area contributed by atoms with Gasteiger partial charge in [-0.3, -0.25) is 0 Å². The molecule has 116 valence electrons. The monoisotopic (exact) mass is 331 g/mol. The van der Waals surface area contributed by atoms with Crippen molar-refractivity contribution in [2.75, 3.05) is 12.3 Å². The fourth-order valence-electron chi connectivity index (χ4n) is 2.46. The van der Waals surface area contributed by atoms with Crippen LogP contribution in [0.3, 0.4) is 0 Å². The Labute approximate surface area is 129 Å². The molecule has 1 aromatic rings.